The first-order chi connectivity index (χ1) is 21.2. The number of methoxy groups -OCH3 is 1. The predicted molar refractivity (Wildman–Crippen MR) is 162 cm³/mol. The lowest BCUT2D eigenvalue weighted by Crippen LogP contribution is -2.41. The Morgan fingerprint density at radius 2 is 1.96 bits per heavy atom. The van der Waals surface area contributed by atoms with Gasteiger partial charge in [-0.2, -0.15) is 18.4 Å². The van der Waals surface area contributed by atoms with E-state index in [1.807, 2.05) is 13.1 Å². The van der Waals surface area contributed by atoms with Crippen LogP contribution in [0.25, 0.3) is 0 Å². The lowest BCUT2D eigenvalue weighted by molar-refractivity contribution is -0.903. The van der Waals surface area contributed by atoms with Crippen LogP contribution in [0.1, 0.15) is 45.1 Å². The van der Waals surface area contributed by atoms with Gasteiger partial charge in [-0.3, -0.25) is 4.90 Å². The second-order valence-electron chi connectivity index (χ2n) is 11.4. The third kappa shape index (κ3) is 6.27. The number of allylic oxidation sites excluding steroid dienone is 1. The van der Waals surface area contributed by atoms with Crippen molar-refractivity contribution in [2.24, 2.45) is 0 Å². The van der Waals surface area contributed by atoms with Crippen LogP contribution in [0.4, 0.5) is 24.8 Å². The zero-order valence-electron chi connectivity index (χ0n) is 25.3. The van der Waals surface area contributed by atoms with Crippen molar-refractivity contribution >= 4 is 28.9 Å². The van der Waals surface area contributed by atoms with Crippen LogP contribution < -0.4 is 10.6 Å². The summed E-state index contributed by atoms with van der Waals surface area (Å²) in [5.41, 5.74) is 0.464. The summed E-state index contributed by atoms with van der Waals surface area (Å²) in [6.07, 6.45) is -2.27. The molecule has 1 aliphatic rings. The number of nitrogens with one attached hydrogen (secondary N) is 1. The number of anilines is 2. The van der Waals surface area contributed by atoms with E-state index in [9.17, 15) is 28.0 Å². The van der Waals surface area contributed by atoms with Crippen LogP contribution >= 0.6 is 11.3 Å². The van der Waals surface area contributed by atoms with Crippen molar-refractivity contribution in [1.29, 1.82) is 5.26 Å². The molecule has 1 unspecified atom stereocenters. The minimum Gasteiger partial charge on any atom is -0.466 e. The number of H-pyrrole nitrogens is 1. The molecule has 0 radical (unpaired) electrons. The number of likely N-dealkylation sites (N-methyl/N-ethyl adjacent to an activating group) is 1. The minimum absolute atomic E-state index is 0.00136. The van der Waals surface area contributed by atoms with Crippen molar-refractivity contribution in [3.05, 3.63) is 103 Å². The first-order valence-corrected chi connectivity index (χ1v) is 14.8. The summed E-state index contributed by atoms with van der Waals surface area (Å²) in [4.78, 5) is 33.7. The topological polar surface area (TPSA) is 117 Å². The SMILES string of the molecule is COC(=O)C1=C(C)N(c2cccc(C(F)(F)F)c2)c2n[nH]c(=O)n2C1c1ccc(C#N)cc1CC[N+](C)(C)Cc1cnc(C)s1. The highest BCUT2D eigenvalue weighted by Crippen LogP contribution is 2.43. The number of carbonyl (C=O) groups excluding carboxylic acids is 1. The summed E-state index contributed by atoms with van der Waals surface area (Å²) in [6, 6.07) is 10.7. The van der Waals surface area contributed by atoms with Gasteiger partial charge in [-0.25, -0.2) is 24.2 Å². The van der Waals surface area contributed by atoms with Gasteiger partial charge in [0.05, 0.1) is 60.4 Å². The third-order valence-electron chi connectivity index (χ3n) is 7.79. The second kappa shape index (κ2) is 12.0. The maximum atomic E-state index is 13.7. The molecule has 1 N–H and O–H groups in total. The van der Waals surface area contributed by atoms with Crippen LogP contribution in [0, 0.1) is 18.3 Å². The first kappa shape index (κ1) is 31.7. The average Bonchev–Trinajstić information content (AvgIpc) is 3.58. The molecule has 0 saturated heterocycles. The number of nitriles is 1. The number of aryl methyl sites for hydroxylation is 1. The molecule has 10 nitrogen and oxygen atoms in total. The Kier molecular flexibility index (Phi) is 8.43. The van der Waals surface area contributed by atoms with E-state index in [2.05, 4.69) is 35.3 Å². The van der Waals surface area contributed by atoms with E-state index < -0.39 is 29.4 Å². The molecule has 234 valence electrons. The zero-order chi connectivity index (χ0) is 32.7. The molecule has 4 aromatic rings. The Labute approximate surface area is 261 Å². The standard InChI is InChI=1S/C31H30F3N7O3S/c1-18-26(28(42)44-5)27(40-29(37-38-30(40)43)39(18)23-8-6-7-22(14-23)31(32,33)34)25-10-9-20(15-35)13-21(25)11-12-41(3,4)17-24-16-36-19(2)45-24/h6-10,13-14,16,27H,11-12,17H2,1-5H3/p+1. The van der Waals surface area contributed by atoms with Crippen molar-refractivity contribution in [3.63, 3.8) is 0 Å². The van der Waals surface area contributed by atoms with Crippen LogP contribution in [0.15, 0.2) is 64.7 Å². The number of ether oxygens (including phenoxy) is 1. The van der Waals surface area contributed by atoms with Crippen LogP contribution in [0.3, 0.4) is 0 Å². The Morgan fingerprint density at radius 3 is 2.60 bits per heavy atom. The summed E-state index contributed by atoms with van der Waals surface area (Å²) < 4.78 is 48.0. The summed E-state index contributed by atoms with van der Waals surface area (Å²) in [5.74, 6) is -0.762. The van der Waals surface area contributed by atoms with Gasteiger partial charge in [0.2, 0.25) is 5.95 Å². The Morgan fingerprint density at radius 1 is 1.20 bits per heavy atom. The van der Waals surface area contributed by atoms with E-state index in [0.717, 1.165) is 34.1 Å². The van der Waals surface area contributed by atoms with E-state index in [-0.39, 0.29) is 22.9 Å². The highest BCUT2D eigenvalue weighted by Gasteiger charge is 2.41. The number of quaternary nitrogens is 1. The van der Waals surface area contributed by atoms with Crippen molar-refractivity contribution in [2.75, 3.05) is 32.6 Å². The predicted octanol–water partition coefficient (Wildman–Crippen LogP) is 5.23. The van der Waals surface area contributed by atoms with Gasteiger partial charge in [0, 0.05) is 24.0 Å². The van der Waals surface area contributed by atoms with Gasteiger partial charge in [0.15, 0.2) is 0 Å². The lowest BCUT2D eigenvalue weighted by Gasteiger charge is -2.36. The molecular formula is C31H31F3N7O3S+. The fourth-order valence-electron chi connectivity index (χ4n) is 5.64. The van der Waals surface area contributed by atoms with Gasteiger partial charge in [0.1, 0.15) is 12.6 Å². The van der Waals surface area contributed by atoms with Crippen LogP contribution in [-0.2, 0) is 28.7 Å². The molecule has 0 aliphatic carbocycles. The molecule has 0 amide bonds. The number of esters is 1. The largest absolute Gasteiger partial charge is 0.466 e. The number of halogens is 3. The number of thiazole rings is 1. The number of fused-ring (bicyclic) bond motifs is 1. The maximum absolute atomic E-state index is 13.7. The van der Waals surface area contributed by atoms with E-state index in [4.69, 9.17) is 4.74 Å². The smallest absolute Gasteiger partial charge is 0.416 e. The molecule has 14 heteroatoms. The van der Waals surface area contributed by atoms with Crippen LogP contribution in [0.2, 0.25) is 0 Å². The molecule has 45 heavy (non-hydrogen) atoms. The molecule has 2 aromatic heterocycles. The van der Waals surface area contributed by atoms with Gasteiger partial charge in [-0.15, -0.1) is 16.4 Å². The van der Waals surface area contributed by atoms with Gasteiger partial charge in [-0.05, 0) is 55.3 Å². The number of nitrogens with zero attached hydrogens (tertiary/aromatic N) is 6. The minimum atomic E-state index is -4.62. The fourth-order valence-corrected chi connectivity index (χ4v) is 6.64. The average molecular weight is 639 g/mol. The maximum Gasteiger partial charge on any atom is 0.416 e. The Hall–Kier alpha value is -4.74. The molecule has 0 fully saturated rings. The van der Waals surface area contributed by atoms with Crippen LogP contribution in [-0.4, -0.2) is 58.0 Å². The fraction of sp³-hybridized carbons (Fsp3) is 0.323. The second-order valence-corrected chi connectivity index (χ2v) is 12.7. The van der Waals surface area contributed by atoms with E-state index in [0.29, 0.717) is 28.6 Å². The number of aromatic nitrogens is 4. The van der Waals surface area contributed by atoms with Crippen molar-refractivity contribution in [3.8, 4) is 6.07 Å². The highest BCUT2D eigenvalue weighted by atomic mass is 32.1. The molecule has 0 saturated carbocycles. The van der Waals surface area contributed by atoms with E-state index in [1.165, 1.54) is 28.7 Å². The number of benzene rings is 2. The van der Waals surface area contributed by atoms with Crippen molar-refractivity contribution in [1.82, 2.24) is 19.7 Å². The van der Waals surface area contributed by atoms with Crippen molar-refractivity contribution in [2.45, 2.75) is 39.0 Å². The summed E-state index contributed by atoms with van der Waals surface area (Å²) in [5, 5.41) is 17.3. The molecule has 3 heterocycles. The molecule has 2 aromatic carbocycles. The molecule has 1 atom stereocenters. The molecule has 0 spiro atoms. The molecule has 1 aliphatic heterocycles. The summed E-state index contributed by atoms with van der Waals surface area (Å²) in [6.45, 7) is 4.90. The third-order valence-corrected chi connectivity index (χ3v) is 8.68. The van der Waals surface area contributed by atoms with E-state index >= 15 is 0 Å². The monoisotopic (exact) mass is 638 g/mol. The van der Waals surface area contributed by atoms with E-state index in [1.54, 1.807) is 36.5 Å². The highest BCUT2D eigenvalue weighted by molar-refractivity contribution is 7.11. The van der Waals surface area contributed by atoms with Crippen LogP contribution in [0.5, 0.6) is 0 Å². The Bertz CT molecular complexity index is 1900. The molecule has 0 bridgehead atoms. The van der Waals surface area contributed by atoms with Gasteiger partial charge < -0.3 is 9.22 Å². The lowest BCUT2D eigenvalue weighted by atomic mass is 9.89. The number of hydrogen-bond donors (Lipinski definition) is 1. The van der Waals surface area contributed by atoms with Gasteiger partial charge >= 0.3 is 17.8 Å². The number of aromatic amines is 1. The normalized spacial score (nSPS) is 15.2. The number of alkyl halides is 3. The first-order valence-electron chi connectivity index (χ1n) is 13.9. The Balaban J connectivity index is 1.65. The quantitative estimate of drug-likeness (QED) is 0.207. The number of hydrogen-bond acceptors (Lipinski definition) is 8. The van der Waals surface area contributed by atoms with Gasteiger partial charge in [-0.1, -0.05) is 12.1 Å². The number of carbonyl (C=O) groups is 1. The summed E-state index contributed by atoms with van der Waals surface area (Å²) >= 11 is 1.63. The molecule has 5 rings (SSSR count). The summed E-state index contributed by atoms with van der Waals surface area (Å²) in [7, 11) is 5.36. The van der Waals surface area contributed by atoms with Gasteiger partial charge in [0.25, 0.3) is 0 Å². The van der Waals surface area contributed by atoms with Crippen molar-refractivity contribution < 1.29 is 27.2 Å². The zero-order valence-corrected chi connectivity index (χ0v) is 26.1. The molecular weight excluding hydrogens is 607 g/mol. The number of rotatable bonds is 8.